The van der Waals surface area contributed by atoms with Gasteiger partial charge in [-0.15, -0.1) is 0 Å². The van der Waals surface area contributed by atoms with E-state index in [1.165, 1.54) is 54.6 Å². The fourth-order valence-electron chi connectivity index (χ4n) is 5.05. The van der Waals surface area contributed by atoms with Crippen LogP contribution in [0.5, 0.6) is 17.2 Å². The van der Waals surface area contributed by atoms with Crippen LogP contribution in [0.15, 0.2) is 85.2 Å². The third-order valence-corrected chi connectivity index (χ3v) is 7.03. The number of ether oxygens (including phenoxy) is 4. The lowest BCUT2D eigenvalue weighted by molar-refractivity contribution is -0.153. The van der Waals surface area contributed by atoms with Gasteiger partial charge in [0, 0.05) is 5.56 Å². The maximum atomic E-state index is 13.8. The molecule has 0 spiro atoms. The van der Waals surface area contributed by atoms with Crippen molar-refractivity contribution in [1.29, 1.82) is 0 Å². The van der Waals surface area contributed by atoms with Crippen LogP contribution in [0.4, 0.5) is 26.3 Å². The van der Waals surface area contributed by atoms with Crippen LogP contribution in [0.2, 0.25) is 0 Å². The Balaban J connectivity index is 1.55. The van der Waals surface area contributed by atoms with Crippen molar-refractivity contribution in [2.45, 2.75) is 12.4 Å². The molecule has 3 aromatic carbocycles. The number of hydrogen-bond donors (Lipinski definition) is 0. The van der Waals surface area contributed by atoms with Gasteiger partial charge < -0.3 is 18.9 Å². The molecule has 0 N–H and O–H groups in total. The van der Waals surface area contributed by atoms with Crippen molar-refractivity contribution in [3.8, 4) is 28.4 Å². The standard InChI is InChI=1S/C31H16F6O7/c1-14-18-5-2-7-22(25(18)28(39)41-14)42-20-9-4-10-21(43-23-8-3-6-19-26(23)29(40)44-27(19)38)24(20)15-11-16(30(32,33)34)13-17(12-15)31(35,36)37/h2-13,19,26H,1H2. The zero-order chi connectivity index (χ0) is 31.6. The molecule has 0 radical (unpaired) electrons. The Morgan fingerprint density at radius 1 is 0.727 bits per heavy atom. The summed E-state index contributed by atoms with van der Waals surface area (Å²) >= 11 is 0. The van der Waals surface area contributed by atoms with Crippen LogP contribution in [-0.4, -0.2) is 17.9 Å². The van der Waals surface area contributed by atoms with Crippen molar-refractivity contribution in [3.05, 3.63) is 107 Å². The third-order valence-electron chi connectivity index (χ3n) is 7.03. The smallest absolute Gasteiger partial charge is 0.416 e. The van der Waals surface area contributed by atoms with Gasteiger partial charge in [-0.1, -0.05) is 36.9 Å². The first kappa shape index (κ1) is 28.8. The lowest BCUT2D eigenvalue weighted by Crippen LogP contribution is -2.23. The van der Waals surface area contributed by atoms with Crippen LogP contribution >= 0.6 is 0 Å². The molecule has 2 heterocycles. The zero-order valence-corrected chi connectivity index (χ0v) is 21.9. The molecule has 0 saturated carbocycles. The van der Waals surface area contributed by atoms with Crippen molar-refractivity contribution < 1.29 is 59.7 Å². The number of esters is 3. The molecule has 13 heteroatoms. The van der Waals surface area contributed by atoms with Gasteiger partial charge in [0.1, 0.15) is 40.2 Å². The van der Waals surface area contributed by atoms with Crippen LogP contribution < -0.4 is 9.47 Å². The topological polar surface area (TPSA) is 88.1 Å². The predicted molar refractivity (Wildman–Crippen MR) is 139 cm³/mol. The van der Waals surface area contributed by atoms with Crippen LogP contribution in [0.1, 0.15) is 27.0 Å². The van der Waals surface area contributed by atoms with E-state index in [0.717, 1.165) is 0 Å². The number of cyclic esters (lactones) is 3. The molecular weight excluding hydrogens is 598 g/mol. The van der Waals surface area contributed by atoms with E-state index in [9.17, 15) is 40.7 Å². The Hall–Kier alpha value is -5.33. The summed E-state index contributed by atoms with van der Waals surface area (Å²) in [4.78, 5) is 37.1. The minimum atomic E-state index is -5.17. The average Bonchev–Trinajstić information content (AvgIpc) is 3.42. The summed E-state index contributed by atoms with van der Waals surface area (Å²) in [5.41, 5.74) is -3.98. The number of alkyl halides is 6. The van der Waals surface area contributed by atoms with Gasteiger partial charge in [0.15, 0.2) is 0 Å². The largest absolute Gasteiger partial charge is 0.460 e. The Bertz CT molecular complexity index is 1800. The number of carbonyl (C=O) groups excluding carboxylic acids is 3. The monoisotopic (exact) mass is 614 g/mol. The molecule has 1 aliphatic carbocycles. The summed E-state index contributed by atoms with van der Waals surface area (Å²) in [5.74, 6) is -5.77. The molecule has 3 aromatic rings. The predicted octanol–water partition coefficient (Wildman–Crippen LogP) is 7.47. The first-order chi connectivity index (χ1) is 20.7. The molecule has 3 aliphatic rings. The number of benzene rings is 3. The van der Waals surface area contributed by atoms with E-state index >= 15 is 0 Å². The van der Waals surface area contributed by atoms with Crippen molar-refractivity contribution >= 4 is 23.7 Å². The maximum Gasteiger partial charge on any atom is 0.416 e. The van der Waals surface area contributed by atoms with Gasteiger partial charge in [0.25, 0.3) is 0 Å². The maximum absolute atomic E-state index is 13.8. The fraction of sp³-hybridized carbons (Fsp3) is 0.129. The van der Waals surface area contributed by atoms with E-state index in [2.05, 4.69) is 11.3 Å². The molecule has 0 amide bonds. The molecule has 6 rings (SSSR count). The first-order valence-corrected chi connectivity index (χ1v) is 12.7. The number of allylic oxidation sites excluding steroid dienone is 2. The highest BCUT2D eigenvalue weighted by Crippen LogP contribution is 2.48. The Labute approximate surface area is 243 Å². The van der Waals surface area contributed by atoms with Gasteiger partial charge in [0.05, 0.1) is 22.6 Å². The second-order valence-electron chi connectivity index (χ2n) is 9.82. The molecule has 2 atom stereocenters. The number of rotatable bonds is 5. The molecule has 7 nitrogen and oxygen atoms in total. The van der Waals surface area contributed by atoms with Gasteiger partial charge in [-0.2, -0.15) is 26.3 Å². The lowest BCUT2D eigenvalue weighted by atomic mass is 9.89. The highest BCUT2D eigenvalue weighted by molar-refractivity contribution is 6.05. The van der Waals surface area contributed by atoms with E-state index in [1.54, 1.807) is 0 Å². The minimum Gasteiger partial charge on any atom is -0.460 e. The molecule has 0 aromatic heterocycles. The highest BCUT2D eigenvalue weighted by Gasteiger charge is 2.47. The second kappa shape index (κ2) is 10.1. The van der Waals surface area contributed by atoms with Crippen molar-refractivity contribution in [3.63, 3.8) is 0 Å². The molecule has 224 valence electrons. The summed E-state index contributed by atoms with van der Waals surface area (Å²) in [6.45, 7) is 3.64. The summed E-state index contributed by atoms with van der Waals surface area (Å²) < 4.78 is 105. The van der Waals surface area contributed by atoms with Crippen molar-refractivity contribution in [1.82, 2.24) is 0 Å². The van der Waals surface area contributed by atoms with Crippen molar-refractivity contribution in [2.75, 3.05) is 0 Å². The Morgan fingerprint density at radius 2 is 1.32 bits per heavy atom. The molecule has 44 heavy (non-hydrogen) atoms. The van der Waals surface area contributed by atoms with Crippen LogP contribution in [0, 0.1) is 11.8 Å². The Kier molecular flexibility index (Phi) is 6.63. The first-order valence-electron chi connectivity index (χ1n) is 12.7. The molecule has 2 unspecified atom stereocenters. The second-order valence-corrected chi connectivity index (χ2v) is 9.82. The molecule has 2 aliphatic heterocycles. The van der Waals surface area contributed by atoms with Gasteiger partial charge in [-0.05, 0) is 48.0 Å². The molecule has 1 saturated heterocycles. The summed E-state index contributed by atoms with van der Waals surface area (Å²) in [5, 5.41) is 0. The van der Waals surface area contributed by atoms with Gasteiger partial charge in [-0.25, -0.2) is 4.79 Å². The van der Waals surface area contributed by atoms with Crippen LogP contribution in [0.25, 0.3) is 16.9 Å². The summed E-state index contributed by atoms with van der Waals surface area (Å²) in [6.07, 6.45) is -6.23. The number of fused-ring (bicyclic) bond motifs is 2. The van der Waals surface area contributed by atoms with Gasteiger partial charge in [-0.3, -0.25) is 9.59 Å². The fourth-order valence-corrected chi connectivity index (χ4v) is 5.05. The molecule has 0 bridgehead atoms. The normalized spacial score (nSPS) is 19.3. The van der Waals surface area contributed by atoms with E-state index in [1.807, 2.05) is 0 Å². The van der Waals surface area contributed by atoms with E-state index < -0.39 is 58.8 Å². The van der Waals surface area contributed by atoms with Crippen LogP contribution in [-0.2, 0) is 31.4 Å². The van der Waals surface area contributed by atoms with Gasteiger partial charge in [0.2, 0.25) is 0 Å². The SMILES string of the molecule is C=C1OC(=O)c2c(Oc3cccc(OC4=CC=CC5C(=O)OC(=O)C45)c3-c3cc(C(F)(F)F)cc(C(F)(F)F)c3)cccc21. The number of carbonyl (C=O) groups is 3. The number of halogens is 6. The molecular formula is C31H16F6O7. The number of hydrogen-bond acceptors (Lipinski definition) is 7. The van der Waals surface area contributed by atoms with Gasteiger partial charge >= 0.3 is 30.3 Å². The lowest BCUT2D eigenvalue weighted by Gasteiger charge is -2.22. The summed E-state index contributed by atoms with van der Waals surface area (Å²) in [6, 6.07) is 9.10. The minimum absolute atomic E-state index is 0.0188. The third kappa shape index (κ3) is 4.99. The zero-order valence-electron chi connectivity index (χ0n) is 21.9. The van der Waals surface area contributed by atoms with Crippen molar-refractivity contribution in [2.24, 2.45) is 11.8 Å². The quantitative estimate of drug-likeness (QED) is 0.167. The summed E-state index contributed by atoms with van der Waals surface area (Å²) in [7, 11) is 0. The average molecular weight is 614 g/mol. The Morgan fingerprint density at radius 3 is 1.95 bits per heavy atom. The highest BCUT2D eigenvalue weighted by atomic mass is 19.4. The molecule has 1 fully saturated rings. The van der Waals surface area contributed by atoms with E-state index in [-0.39, 0.29) is 51.5 Å². The van der Waals surface area contributed by atoms with Crippen LogP contribution in [0.3, 0.4) is 0 Å². The van der Waals surface area contributed by atoms with E-state index in [0.29, 0.717) is 12.1 Å². The van der Waals surface area contributed by atoms with E-state index in [4.69, 9.17) is 14.2 Å².